The lowest BCUT2D eigenvalue weighted by Crippen LogP contribution is -2.46. The Hall–Kier alpha value is -1.46. The van der Waals surface area contributed by atoms with Crippen molar-refractivity contribution in [2.24, 2.45) is 5.73 Å². The third-order valence-electron chi connectivity index (χ3n) is 3.29. The molecule has 5 heteroatoms. The Bertz CT molecular complexity index is 441. The lowest BCUT2D eigenvalue weighted by molar-refractivity contribution is -0.386. The van der Waals surface area contributed by atoms with Crippen LogP contribution in [0.2, 0.25) is 0 Å². The normalized spacial score (nSPS) is 13.6. The van der Waals surface area contributed by atoms with Gasteiger partial charge in [-0.1, -0.05) is 25.1 Å². The summed E-state index contributed by atoms with van der Waals surface area (Å²) in [4.78, 5) is 13.0. The minimum Gasteiger partial charge on any atom is -0.329 e. The van der Waals surface area contributed by atoms with Gasteiger partial charge in [-0.05, 0) is 27.3 Å². The van der Waals surface area contributed by atoms with E-state index in [-0.39, 0.29) is 22.2 Å². The monoisotopic (exact) mass is 265 g/mol. The number of rotatable bonds is 5. The molecule has 0 bridgehead atoms. The fourth-order valence-corrected chi connectivity index (χ4v) is 2.52. The summed E-state index contributed by atoms with van der Waals surface area (Å²) >= 11 is 0. The Morgan fingerprint density at radius 2 is 1.95 bits per heavy atom. The first-order chi connectivity index (χ1) is 8.82. The molecule has 0 aliphatic heterocycles. The van der Waals surface area contributed by atoms with Gasteiger partial charge in [-0.3, -0.25) is 15.0 Å². The van der Waals surface area contributed by atoms with E-state index >= 15 is 0 Å². The number of benzene rings is 1. The summed E-state index contributed by atoms with van der Waals surface area (Å²) in [6.45, 7) is 9.46. The van der Waals surface area contributed by atoms with Crippen molar-refractivity contribution >= 4 is 5.69 Å². The van der Waals surface area contributed by atoms with E-state index in [0.29, 0.717) is 12.1 Å². The van der Waals surface area contributed by atoms with Crippen LogP contribution in [-0.2, 0) is 0 Å². The van der Waals surface area contributed by atoms with Crippen molar-refractivity contribution in [3.8, 4) is 0 Å². The van der Waals surface area contributed by atoms with Gasteiger partial charge in [-0.25, -0.2) is 0 Å². The van der Waals surface area contributed by atoms with Crippen LogP contribution in [0.15, 0.2) is 24.3 Å². The fraction of sp³-hybridized carbons (Fsp3) is 0.571. The molecule has 106 valence electrons. The van der Waals surface area contributed by atoms with Crippen LogP contribution in [0.3, 0.4) is 0 Å². The highest BCUT2D eigenvalue weighted by molar-refractivity contribution is 5.42. The molecular weight excluding hydrogens is 242 g/mol. The summed E-state index contributed by atoms with van der Waals surface area (Å²) in [5, 5.41) is 11.1. The number of nitrogens with zero attached hydrogens (tertiary/aromatic N) is 2. The summed E-state index contributed by atoms with van der Waals surface area (Å²) in [5.41, 5.74) is 6.61. The largest absolute Gasteiger partial charge is 0.329 e. The molecule has 5 nitrogen and oxygen atoms in total. The first-order valence-corrected chi connectivity index (χ1v) is 6.53. The van der Waals surface area contributed by atoms with E-state index < -0.39 is 0 Å². The SMILES string of the molecule is CCN(C(CN)c1ccccc1[N+](=O)[O-])C(C)(C)C. The van der Waals surface area contributed by atoms with Crippen LogP contribution in [0, 0.1) is 10.1 Å². The molecule has 1 unspecified atom stereocenters. The highest BCUT2D eigenvalue weighted by Gasteiger charge is 2.31. The average Bonchev–Trinajstić information content (AvgIpc) is 2.34. The van der Waals surface area contributed by atoms with Crippen LogP contribution < -0.4 is 5.73 Å². The van der Waals surface area contributed by atoms with Crippen molar-refractivity contribution in [1.29, 1.82) is 0 Å². The first kappa shape index (κ1) is 15.6. The van der Waals surface area contributed by atoms with Gasteiger partial charge in [0.15, 0.2) is 0 Å². The first-order valence-electron chi connectivity index (χ1n) is 6.53. The van der Waals surface area contributed by atoms with E-state index in [1.54, 1.807) is 12.1 Å². The predicted molar refractivity (Wildman–Crippen MR) is 77.0 cm³/mol. The van der Waals surface area contributed by atoms with E-state index in [1.165, 1.54) is 6.07 Å². The second kappa shape index (κ2) is 6.12. The Morgan fingerprint density at radius 3 is 2.37 bits per heavy atom. The van der Waals surface area contributed by atoms with Crippen LogP contribution in [0.1, 0.15) is 39.3 Å². The third kappa shape index (κ3) is 3.52. The lowest BCUT2D eigenvalue weighted by Gasteiger charge is -2.40. The van der Waals surface area contributed by atoms with Gasteiger partial charge in [0.2, 0.25) is 0 Å². The van der Waals surface area contributed by atoms with Gasteiger partial charge < -0.3 is 5.73 Å². The number of nitrogens with two attached hydrogens (primary N) is 1. The molecule has 0 amide bonds. The number of nitro benzene ring substituents is 1. The number of likely N-dealkylation sites (N-methyl/N-ethyl adjacent to an activating group) is 1. The summed E-state index contributed by atoms with van der Waals surface area (Å²) in [6, 6.07) is 6.69. The maximum Gasteiger partial charge on any atom is 0.274 e. The van der Waals surface area contributed by atoms with Gasteiger partial charge in [0.25, 0.3) is 5.69 Å². The van der Waals surface area contributed by atoms with Crippen molar-refractivity contribution in [3.63, 3.8) is 0 Å². The van der Waals surface area contributed by atoms with Gasteiger partial charge in [0.1, 0.15) is 0 Å². The van der Waals surface area contributed by atoms with E-state index in [2.05, 4.69) is 25.7 Å². The topological polar surface area (TPSA) is 72.4 Å². The quantitative estimate of drug-likeness (QED) is 0.656. The standard InChI is InChI=1S/C14H23N3O2/c1-5-16(14(2,3)4)13(10-15)11-8-6-7-9-12(11)17(18)19/h6-9,13H,5,10,15H2,1-4H3. The lowest BCUT2D eigenvalue weighted by atomic mass is 9.96. The summed E-state index contributed by atoms with van der Waals surface area (Å²) in [6.07, 6.45) is 0. The molecule has 2 N–H and O–H groups in total. The average molecular weight is 265 g/mol. The van der Waals surface area contributed by atoms with Crippen molar-refractivity contribution < 1.29 is 4.92 Å². The Kier molecular flexibility index (Phi) is 5.03. The smallest absolute Gasteiger partial charge is 0.274 e. The zero-order valence-electron chi connectivity index (χ0n) is 12.1. The number of para-hydroxylation sites is 1. The van der Waals surface area contributed by atoms with Crippen molar-refractivity contribution in [3.05, 3.63) is 39.9 Å². The van der Waals surface area contributed by atoms with Gasteiger partial charge in [0, 0.05) is 23.7 Å². The third-order valence-corrected chi connectivity index (χ3v) is 3.29. The Morgan fingerprint density at radius 1 is 1.37 bits per heavy atom. The maximum atomic E-state index is 11.1. The summed E-state index contributed by atoms with van der Waals surface area (Å²) in [7, 11) is 0. The summed E-state index contributed by atoms with van der Waals surface area (Å²) in [5.74, 6) is 0. The van der Waals surface area contributed by atoms with Crippen LogP contribution in [0.5, 0.6) is 0 Å². The zero-order valence-corrected chi connectivity index (χ0v) is 12.1. The fourth-order valence-electron chi connectivity index (χ4n) is 2.52. The van der Waals surface area contributed by atoms with E-state index in [4.69, 9.17) is 5.73 Å². The molecule has 1 aromatic carbocycles. The second-order valence-corrected chi connectivity index (χ2v) is 5.52. The predicted octanol–water partition coefficient (Wildman–Crippen LogP) is 2.72. The van der Waals surface area contributed by atoms with E-state index in [1.807, 2.05) is 13.0 Å². The zero-order chi connectivity index (χ0) is 14.6. The number of hydrogen-bond acceptors (Lipinski definition) is 4. The van der Waals surface area contributed by atoms with Crippen LogP contribution >= 0.6 is 0 Å². The van der Waals surface area contributed by atoms with Crippen LogP contribution in [-0.4, -0.2) is 28.5 Å². The van der Waals surface area contributed by atoms with Crippen molar-refractivity contribution in [2.75, 3.05) is 13.1 Å². The molecule has 1 rings (SSSR count). The van der Waals surface area contributed by atoms with E-state index in [9.17, 15) is 10.1 Å². The maximum absolute atomic E-state index is 11.1. The van der Waals surface area contributed by atoms with Gasteiger partial charge >= 0.3 is 0 Å². The molecule has 0 fully saturated rings. The highest BCUT2D eigenvalue weighted by Crippen LogP contribution is 2.32. The molecule has 19 heavy (non-hydrogen) atoms. The van der Waals surface area contributed by atoms with E-state index in [0.717, 1.165) is 6.54 Å². The summed E-state index contributed by atoms with van der Waals surface area (Å²) < 4.78 is 0. The molecule has 0 heterocycles. The molecule has 0 aliphatic rings. The molecular formula is C14H23N3O2. The molecule has 0 saturated carbocycles. The minimum absolute atomic E-state index is 0.0947. The molecule has 0 aliphatic carbocycles. The minimum atomic E-state index is -0.339. The van der Waals surface area contributed by atoms with Gasteiger partial charge in [-0.15, -0.1) is 0 Å². The molecule has 1 aromatic rings. The number of hydrogen-bond donors (Lipinski definition) is 1. The van der Waals surface area contributed by atoms with Crippen molar-refractivity contribution in [2.45, 2.75) is 39.3 Å². The molecule has 0 saturated heterocycles. The van der Waals surface area contributed by atoms with Gasteiger partial charge in [-0.2, -0.15) is 0 Å². The molecule has 1 atom stereocenters. The molecule has 0 aromatic heterocycles. The Labute approximate surface area is 114 Å². The second-order valence-electron chi connectivity index (χ2n) is 5.52. The molecule has 0 radical (unpaired) electrons. The van der Waals surface area contributed by atoms with Crippen LogP contribution in [0.4, 0.5) is 5.69 Å². The number of nitro groups is 1. The Balaban J connectivity index is 3.27. The van der Waals surface area contributed by atoms with Crippen molar-refractivity contribution in [1.82, 2.24) is 4.90 Å². The van der Waals surface area contributed by atoms with Gasteiger partial charge in [0.05, 0.1) is 11.0 Å². The molecule has 0 spiro atoms. The van der Waals surface area contributed by atoms with Crippen LogP contribution in [0.25, 0.3) is 0 Å². The highest BCUT2D eigenvalue weighted by atomic mass is 16.6.